The normalized spacial score (nSPS) is 18.7. The minimum atomic E-state index is -0.165. The lowest BCUT2D eigenvalue weighted by atomic mass is 10.1. The molecule has 2 aliphatic heterocycles. The van der Waals surface area contributed by atoms with Crippen molar-refractivity contribution >= 4 is 50.5 Å². The first kappa shape index (κ1) is 17.2. The summed E-state index contributed by atoms with van der Waals surface area (Å²) in [6.07, 6.45) is 1.81. The van der Waals surface area contributed by atoms with Crippen LogP contribution in [0.2, 0.25) is 0 Å². The molecule has 0 unspecified atom stereocenters. The van der Waals surface area contributed by atoms with Gasteiger partial charge in [0.25, 0.3) is 5.91 Å². The number of benzene rings is 2. The molecule has 2 aromatic rings. The number of hydrogen-bond acceptors (Lipinski definition) is 5. The number of fused-ring (bicyclic) bond motifs is 1. The molecule has 0 aromatic heterocycles. The number of carbonyl (C=O) groups is 1. The van der Waals surface area contributed by atoms with Crippen LogP contribution in [0.25, 0.3) is 6.08 Å². The average molecular weight is 431 g/mol. The highest BCUT2D eigenvalue weighted by molar-refractivity contribution is 9.10. The highest BCUT2D eigenvalue weighted by Crippen LogP contribution is 2.39. The van der Waals surface area contributed by atoms with Gasteiger partial charge < -0.3 is 14.8 Å². The number of aryl methyl sites for hydroxylation is 2. The third kappa shape index (κ3) is 3.37. The van der Waals surface area contributed by atoms with E-state index in [0.29, 0.717) is 21.6 Å². The van der Waals surface area contributed by atoms with E-state index >= 15 is 0 Å². The molecule has 5 nitrogen and oxygen atoms in total. The van der Waals surface area contributed by atoms with E-state index in [0.717, 1.165) is 15.7 Å². The number of thioether (sulfide) groups is 1. The predicted octanol–water partition coefficient (Wildman–Crippen LogP) is 4.69. The Hall–Kier alpha value is -2.25. The number of hydrogen-bond donors (Lipinski definition) is 1. The molecule has 0 saturated carbocycles. The summed E-state index contributed by atoms with van der Waals surface area (Å²) in [6.45, 7) is 4.31. The Morgan fingerprint density at radius 1 is 1.15 bits per heavy atom. The first-order valence-corrected chi connectivity index (χ1v) is 9.56. The first-order valence-electron chi connectivity index (χ1n) is 7.95. The SMILES string of the molecule is Cc1ccc(N=C2NC(=O)/C(=C\c3cc4c(cc3Br)OCO4)S2)cc1C. The van der Waals surface area contributed by atoms with Gasteiger partial charge in [-0.3, -0.25) is 4.79 Å². The molecule has 0 radical (unpaired) electrons. The van der Waals surface area contributed by atoms with Crippen LogP contribution in [0.3, 0.4) is 0 Å². The van der Waals surface area contributed by atoms with Gasteiger partial charge in [0.1, 0.15) is 0 Å². The van der Waals surface area contributed by atoms with Gasteiger partial charge in [-0.25, -0.2) is 4.99 Å². The number of nitrogens with zero attached hydrogens (tertiary/aromatic N) is 1. The molecule has 1 amide bonds. The standard InChI is InChI=1S/C19H15BrN2O3S/c1-10-3-4-13(5-11(10)2)21-19-22-18(23)17(26-19)7-12-6-15-16(8-14(12)20)25-9-24-15/h3-8H,9H2,1-2H3,(H,21,22,23)/b17-7+. The highest BCUT2D eigenvalue weighted by atomic mass is 79.9. The second kappa shape index (κ2) is 6.81. The fraction of sp³-hybridized carbons (Fsp3) is 0.158. The average Bonchev–Trinajstić information content (AvgIpc) is 3.18. The fourth-order valence-corrected chi connectivity index (χ4v) is 3.85. The summed E-state index contributed by atoms with van der Waals surface area (Å²) in [7, 11) is 0. The summed E-state index contributed by atoms with van der Waals surface area (Å²) in [5.74, 6) is 1.20. The second-order valence-corrected chi connectivity index (χ2v) is 7.86. The van der Waals surface area contributed by atoms with Gasteiger partial charge >= 0.3 is 0 Å². The van der Waals surface area contributed by atoms with Crippen molar-refractivity contribution in [1.29, 1.82) is 0 Å². The Bertz CT molecular complexity index is 985. The van der Waals surface area contributed by atoms with Crippen LogP contribution in [-0.4, -0.2) is 17.9 Å². The van der Waals surface area contributed by atoms with Gasteiger partial charge in [-0.1, -0.05) is 22.0 Å². The first-order chi connectivity index (χ1) is 12.5. The summed E-state index contributed by atoms with van der Waals surface area (Å²) in [5.41, 5.74) is 4.05. The maximum atomic E-state index is 12.3. The smallest absolute Gasteiger partial charge is 0.264 e. The van der Waals surface area contributed by atoms with Crippen molar-refractivity contribution < 1.29 is 14.3 Å². The number of aliphatic imine (C=N–C) groups is 1. The van der Waals surface area contributed by atoms with Gasteiger partial charge in [0.2, 0.25) is 6.79 Å². The molecule has 0 aliphatic carbocycles. The third-order valence-electron chi connectivity index (χ3n) is 4.15. The maximum Gasteiger partial charge on any atom is 0.264 e. The highest BCUT2D eigenvalue weighted by Gasteiger charge is 2.25. The summed E-state index contributed by atoms with van der Waals surface area (Å²) < 4.78 is 11.6. The summed E-state index contributed by atoms with van der Waals surface area (Å²) in [6, 6.07) is 9.67. The van der Waals surface area contributed by atoms with Crippen LogP contribution in [0, 0.1) is 13.8 Å². The number of carbonyl (C=O) groups excluding carboxylic acids is 1. The van der Waals surface area contributed by atoms with Crippen LogP contribution in [0.4, 0.5) is 5.69 Å². The number of ether oxygens (including phenoxy) is 2. The van der Waals surface area contributed by atoms with Crippen molar-refractivity contribution in [1.82, 2.24) is 5.32 Å². The van der Waals surface area contributed by atoms with E-state index in [9.17, 15) is 4.79 Å². The molecule has 132 valence electrons. The van der Waals surface area contributed by atoms with Gasteiger partial charge in [0.15, 0.2) is 16.7 Å². The van der Waals surface area contributed by atoms with Crippen molar-refractivity contribution in [3.63, 3.8) is 0 Å². The molecule has 4 rings (SSSR count). The molecule has 2 aliphatic rings. The monoisotopic (exact) mass is 430 g/mol. The van der Waals surface area contributed by atoms with E-state index in [-0.39, 0.29) is 12.7 Å². The topological polar surface area (TPSA) is 59.9 Å². The third-order valence-corrected chi connectivity index (χ3v) is 5.75. The molecule has 2 aromatic carbocycles. The van der Waals surface area contributed by atoms with Gasteiger partial charge in [-0.2, -0.15) is 0 Å². The molecular formula is C19H15BrN2O3S. The summed E-state index contributed by atoms with van der Waals surface area (Å²) in [5, 5.41) is 3.38. The van der Waals surface area contributed by atoms with E-state index in [4.69, 9.17) is 9.47 Å². The molecule has 0 atom stereocenters. The van der Waals surface area contributed by atoms with Crippen molar-refractivity contribution in [3.05, 3.63) is 56.4 Å². The van der Waals surface area contributed by atoms with Gasteiger partial charge in [0.05, 0.1) is 10.6 Å². The van der Waals surface area contributed by atoms with E-state index in [1.54, 1.807) is 0 Å². The Morgan fingerprint density at radius 2 is 1.92 bits per heavy atom. The van der Waals surface area contributed by atoms with Crippen molar-refractivity contribution in [3.8, 4) is 11.5 Å². The Kier molecular flexibility index (Phi) is 4.50. The summed E-state index contributed by atoms with van der Waals surface area (Å²) in [4.78, 5) is 17.4. The van der Waals surface area contributed by atoms with Gasteiger partial charge in [0, 0.05) is 4.47 Å². The van der Waals surface area contributed by atoms with Crippen molar-refractivity contribution in [2.75, 3.05) is 6.79 Å². The van der Waals surface area contributed by atoms with Crippen LogP contribution < -0.4 is 14.8 Å². The zero-order valence-electron chi connectivity index (χ0n) is 14.1. The number of amides is 1. The lowest BCUT2D eigenvalue weighted by molar-refractivity contribution is -0.115. The quantitative estimate of drug-likeness (QED) is 0.702. The molecule has 1 saturated heterocycles. The molecule has 0 bridgehead atoms. The van der Waals surface area contributed by atoms with Crippen molar-refractivity contribution in [2.24, 2.45) is 4.99 Å². The Balaban J connectivity index is 1.61. The van der Waals surface area contributed by atoms with E-state index in [2.05, 4.69) is 33.2 Å². The second-order valence-electron chi connectivity index (χ2n) is 5.98. The minimum Gasteiger partial charge on any atom is -0.454 e. The summed E-state index contributed by atoms with van der Waals surface area (Å²) >= 11 is 4.83. The molecule has 26 heavy (non-hydrogen) atoms. The Labute approximate surface area is 163 Å². The number of nitrogens with one attached hydrogen (secondary N) is 1. The molecule has 2 heterocycles. The minimum absolute atomic E-state index is 0.165. The van der Waals surface area contributed by atoms with Gasteiger partial charge in [-0.05, 0) is 72.6 Å². The van der Waals surface area contributed by atoms with Crippen LogP contribution in [-0.2, 0) is 4.79 Å². The Morgan fingerprint density at radius 3 is 2.69 bits per heavy atom. The van der Waals surface area contributed by atoms with Crippen molar-refractivity contribution in [2.45, 2.75) is 13.8 Å². The number of rotatable bonds is 2. The molecule has 1 fully saturated rings. The zero-order valence-corrected chi connectivity index (χ0v) is 16.5. The lowest BCUT2D eigenvalue weighted by Crippen LogP contribution is -2.19. The van der Waals surface area contributed by atoms with Crippen LogP contribution >= 0.6 is 27.7 Å². The van der Waals surface area contributed by atoms with E-state index in [1.165, 1.54) is 22.9 Å². The molecule has 1 N–H and O–H groups in total. The number of halogens is 1. The van der Waals surface area contributed by atoms with E-state index < -0.39 is 0 Å². The van der Waals surface area contributed by atoms with Crippen LogP contribution in [0.5, 0.6) is 11.5 Å². The zero-order chi connectivity index (χ0) is 18.3. The molecular weight excluding hydrogens is 416 g/mol. The van der Waals surface area contributed by atoms with Crippen LogP contribution in [0.15, 0.2) is 44.7 Å². The number of amidine groups is 1. The lowest BCUT2D eigenvalue weighted by Gasteiger charge is -2.02. The van der Waals surface area contributed by atoms with E-state index in [1.807, 2.05) is 43.3 Å². The molecule has 0 spiro atoms. The van der Waals surface area contributed by atoms with Crippen LogP contribution in [0.1, 0.15) is 16.7 Å². The fourth-order valence-electron chi connectivity index (χ4n) is 2.58. The molecule has 7 heteroatoms. The largest absolute Gasteiger partial charge is 0.454 e. The predicted molar refractivity (Wildman–Crippen MR) is 107 cm³/mol. The van der Waals surface area contributed by atoms with Gasteiger partial charge in [-0.15, -0.1) is 0 Å². The maximum absolute atomic E-state index is 12.3.